The number of carbonyl (C=O) groups is 2. The van der Waals surface area contributed by atoms with E-state index in [1.807, 2.05) is 51.1 Å². The van der Waals surface area contributed by atoms with Crippen LogP contribution >= 0.6 is 0 Å². The Kier molecular flexibility index (Phi) is 2.80. The van der Waals surface area contributed by atoms with Gasteiger partial charge in [-0.25, -0.2) is 9.59 Å². The summed E-state index contributed by atoms with van der Waals surface area (Å²) >= 11 is 0. The highest BCUT2D eigenvalue weighted by Gasteiger charge is 2.77. The second kappa shape index (κ2) is 4.23. The number of carbonyl (C=O) groups excluding carboxylic acids is 2. The van der Waals surface area contributed by atoms with Gasteiger partial charge in [0, 0.05) is 0 Å². The molecule has 112 valence electrons. The van der Waals surface area contributed by atoms with Gasteiger partial charge in [-0.05, 0) is 32.8 Å². The number of hydrogen-bond donors (Lipinski definition) is 1. The van der Waals surface area contributed by atoms with Crippen LogP contribution in [0.2, 0.25) is 0 Å². The highest BCUT2D eigenvalue weighted by atomic mass is 16.6. The van der Waals surface area contributed by atoms with Crippen molar-refractivity contribution in [2.45, 2.75) is 43.7 Å². The van der Waals surface area contributed by atoms with Gasteiger partial charge in [-0.2, -0.15) is 0 Å². The minimum atomic E-state index is -1.00. The van der Waals surface area contributed by atoms with E-state index in [9.17, 15) is 9.59 Å². The molecule has 0 aromatic heterocycles. The first-order chi connectivity index (χ1) is 9.79. The maximum atomic E-state index is 12.6. The fourth-order valence-electron chi connectivity index (χ4n) is 3.02. The third-order valence-corrected chi connectivity index (χ3v) is 4.10. The van der Waals surface area contributed by atoms with Gasteiger partial charge in [0.25, 0.3) is 0 Å². The molecule has 1 aromatic rings. The molecular weight excluding hydrogens is 270 g/mol. The number of hydrogen-bond acceptors (Lipinski definition) is 4. The lowest BCUT2D eigenvalue weighted by Crippen LogP contribution is -2.56. The lowest BCUT2D eigenvalue weighted by atomic mass is 9.90. The molecule has 1 N–H and O–H groups in total. The quantitative estimate of drug-likeness (QED) is 0.847. The summed E-state index contributed by atoms with van der Waals surface area (Å²) in [6.45, 7) is 5.64. The number of amides is 1. The van der Waals surface area contributed by atoms with Gasteiger partial charge in [0.15, 0.2) is 5.54 Å². The summed E-state index contributed by atoms with van der Waals surface area (Å²) in [5.41, 5.74) is -1.14. The zero-order valence-electron chi connectivity index (χ0n) is 12.4. The van der Waals surface area contributed by atoms with Crippen LogP contribution in [-0.4, -0.2) is 29.8 Å². The van der Waals surface area contributed by atoms with Crippen molar-refractivity contribution in [1.29, 1.82) is 0 Å². The minimum absolute atomic E-state index is 0.197. The number of cyclic esters (lactones) is 1. The van der Waals surface area contributed by atoms with E-state index in [2.05, 4.69) is 5.32 Å². The Balaban J connectivity index is 1.96. The summed E-state index contributed by atoms with van der Waals surface area (Å²) < 4.78 is 10.6. The molecule has 1 heterocycles. The van der Waals surface area contributed by atoms with Gasteiger partial charge in [-0.15, -0.1) is 0 Å². The van der Waals surface area contributed by atoms with Gasteiger partial charge in [0.05, 0.1) is 5.41 Å². The Bertz CT molecular complexity index is 592. The number of benzene rings is 1. The van der Waals surface area contributed by atoms with Gasteiger partial charge in [0.2, 0.25) is 0 Å². The summed E-state index contributed by atoms with van der Waals surface area (Å²) in [7, 11) is 0. The molecule has 0 radical (unpaired) electrons. The van der Waals surface area contributed by atoms with Crippen molar-refractivity contribution >= 4 is 12.1 Å². The number of alkyl carbamates (subject to hydrolysis) is 1. The first-order valence-corrected chi connectivity index (χ1v) is 7.03. The fraction of sp³-hybridized carbons (Fsp3) is 0.500. The molecule has 0 bridgehead atoms. The van der Waals surface area contributed by atoms with E-state index in [0.717, 1.165) is 5.56 Å². The normalized spacial score (nSPS) is 30.7. The van der Waals surface area contributed by atoms with E-state index < -0.39 is 28.6 Å². The van der Waals surface area contributed by atoms with Crippen LogP contribution in [0.4, 0.5) is 4.79 Å². The van der Waals surface area contributed by atoms with Crippen LogP contribution in [0.25, 0.3) is 0 Å². The van der Waals surface area contributed by atoms with Gasteiger partial charge in [0.1, 0.15) is 12.2 Å². The van der Waals surface area contributed by atoms with Crippen LogP contribution in [-0.2, 0) is 19.7 Å². The van der Waals surface area contributed by atoms with E-state index in [0.29, 0.717) is 6.42 Å². The SMILES string of the molecule is CC(C)(C)OC(=O)C12CC1(c1ccccc1)COC(=O)N2. The van der Waals surface area contributed by atoms with E-state index in [4.69, 9.17) is 9.47 Å². The molecule has 2 unspecified atom stereocenters. The molecule has 1 amide bonds. The molecule has 1 saturated carbocycles. The first kappa shape index (κ1) is 13.9. The molecule has 1 aliphatic heterocycles. The average molecular weight is 289 g/mol. The van der Waals surface area contributed by atoms with Crippen LogP contribution in [0, 0.1) is 0 Å². The van der Waals surface area contributed by atoms with Crippen LogP contribution in [0.5, 0.6) is 0 Å². The molecule has 1 saturated heterocycles. The molecule has 5 nitrogen and oxygen atoms in total. The van der Waals surface area contributed by atoms with Gasteiger partial charge in [-0.1, -0.05) is 30.3 Å². The standard InChI is InChI=1S/C16H19NO4/c1-14(2,3)21-12(18)16-9-15(16,10-20-13(19)17-16)11-7-5-4-6-8-11/h4-8H,9-10H2,1-3H3,(H,17,19). The number of nitrogens with one attached hydrogen (secondary N) is 1. The topological polar surface area (TPSA) is 64.6 Å². The molecule has 2 atom stereocenters. The molecule has 0 spiro atoms. The zero-order chi connectivity index (χ0) is 15.3. The molecule has 5 heteroatoms. The maximum absolute atomic E-state index is 12.6. The lowest BCUT2D eigenvalue weighted by molar-refractivity contribution is -0.160. The second-order valence-electron chi connectivity index (χ2n) is 6.73. The molecule has 1 aromatic carbocycles. The van der Waals surface area contributed by atoms with Crippen molar-refractivity contribution in [2.24, 2.45) is 0 Å². The van der Waals surface area contributed by atoms with E-state index >= 15 is 0 Å². The summed E-state index contributed by atoms with van der Waals surface area (Å²) in [5.74, 6) is -0.393. The van der Waals surface area contributed by atoms with Gasteiger partial charge >= 0.3 is 12.1 Å². The predicted molar refractivity (Wildman–Crippen MR) is 75.8 cm³/mol. The maximum Gasteiger partial charge on any atom is 0.408 e. The Morgan fingerprint density at radius 2 is 1.95 bits per heavy atom. The lowest BCUT2D eigenvalue weighted by Gasteiger charge is -2.32. The van der Waals surface area contributed by atoms with Gasteiger partial charge < -0.3 is 14.8 Å². The van der Waals surface area contributed by atoms with Crippen molar-refractivity contribution in [1.82, 2.24) is 5.32 Å². The van der Waals surface area contributed by atoms with E-state index in [1.54, 1.807) is 0 Å². The summed E-state index contributed by atoms with van der Waals surface area (Å²) in [6.07, 6.45) is -0.0603. The molecular formula is C16H19NO4. The fourth-order valence-corrected chi connectivity index (χ4v) is 3.02. The van der Waals surface area contributed by atoms with Crippen LogP contribution in [0.1, 0.15) is 32.8 Å². The van der Waals surface area contributed by atoms with Crippen molar-refractivity contribution in [3.8, 4) is 0 Å². The number of fused-ring (bicyclic) bond motifs is 1. The Morgan fingerprint density at radius 3 is 2.57 bits per heavy atom. The zero-order valence-corrected chi connectivity index (χ0v) is 12.4. The van der Waals surface area contributed by atoms with E-state index in [-0.39, 0.29) is 6.61 Å². The molecule has 1 aliphatic carbocycles. The molecule has 2 aliphatic rings. The van der Waals surface area contributed by atoms with E-state index in [1.165, 1.54) is 0 Å². The summed E-state index contributed by atoms with van der Waals surface area (Å²) in [6, 6.07) is 9.65. The third kappa shape index (κ3) is 2.07. The Morgan fingerprint density at radius 1 is 1.29 bits per heavy atom. The van der Waals surface area contributed by atoms with Crippen molar-refractivity contribution in [2.75, 3.05) is 6.61 Å². The molecule has 3 rings (SSSR count). The molecule has 21 heavy (non-hydrogen) atoms. The van der Waals surface area contributed by atoms with Crippen LogP contribution in [0.15, 0.2) is 30.3 Å². The number of esters is 1. The second-order valence-corrected chi connectivity index (χ2v) is 6.73. The average Bonchev–Trinajstić information content (AvgIpc) is 3.09. The molecule has 2 fully saturated rings. The number of ether oxygens (including phenoxy) is 2. The summed E-state index contributed by atoms with van der Waals surface area (Å²) in [4.78, 5) is 24.2. The monoisotopic (exact) mass is 289 g/mol. The van der Waals surface area contributed by atoms with Crippen molar-refractivity contribution in [3.05, 3.63) is 35.9 Å². The first-order valence-electron chi connectivity index (χ1n) is 7.03. The highest BCUT2D eigenvalue weighted by molar-refractivity contribution is 5.94. The van der Waals surface area contributed by atoms with Crippen LogP contribution in [0.3, 0.4) is 0 Å². The highest BCUT2D eigenvalue weighted by Crippen LogP contribution is 2.60. The summed E-state index contributed by atoms with van der Waals surface area (Å²) in [5, 5.41) is 2.69. The minimum Gasteiger partial charge on any atom is -0.458 e. The smallest absolute Gasteiger partial charge is 0.408 e. The third-order valence-electron chi connectivity index (χ3n) is 4.10. The van der Waals surface area contributed by atoms with Crippen LogP contribution < -0.4 is 5.32 Å². The largest absolute Gasteiger partial charge is 0.458 e. The Hall–Kier alpha value is -2.04. The van der Waals surface area contributed by atoms with Crippen molar-refractivity contribution in [3.63, 3.8) is 0 Å². The predicted octanol–water partition coefficient (Wildman–Crippen LogP) is 2.15. The van der Waals surface area contributed by atoms with Gasteiger partial charge in [-0.3, -0.25) is 0 Å². The van der Waals surface area contributed by atoms with Crippen molar-refractivity contribution < 1.29 is 19.1 Å². The number of rotatable bonds is 2. The Labute approximate surface area is 123 Å².